The minimum atomic E-state index is 0.226. The van der Waals surface area contributed by atoms with Crippen LogP contribution in [0.3, 0.4) is 0 Å². The summed E-state index contributed by atoms with van der Waals surface area (Å²) in [7, 11) is 0. The van der Waals surface area contributed by atoms with Crippen molar-refractivity contribution < 1.29 is 4.79 Å². The van der Waals surface area contributed by atoms with Crippen molar-refractivity contribution in [2.45, 2.75) is 46.5 Å². The normalized spacial score (nSPS) is 22.5. The molecule has 1 saturated heterocycles. The van der Waals surface area contributed by atoms with E-state index in [0.29, 0.717) is 24.2 Å². The van der Waals surface area contributed by atoms with Gasteiger partial charge in [-0.25, -0.2) is 0 Å². The molecule has 0 aromatic carbocycles. The number of carbonyl (C=O) groups excluding carboxylic acids is 1. The molecular formula is C14H28N2O. The molecule has 1 fully saturated rings. The summed E-state index contributed by atoms with van der Waals surface area (Å²) in [5, 5.41) is 6.45. The van der Waals surface area contributed by atoms with Crippen LogP contribution in [0.2, 0.25) is 0 Å². The van der Waals surface area contributed by atoms with Crippen LogP contribution in [0.25, 0.3) is 0 Å². The van der Waals surface area contributed by atoms with Crippen LogP contribution in [-0.2, 0) is 4.79 Å². The monoisotopic (exact) mass is 240 g/mol. The van der Waals surface area contributed by atoms with Gasteiger partial charge in [0.1, 0.15) is 0 Å². The first kappa shape index (κ1) is 14.5. The van der Waals surface area contributed by atoms with E-state index in [1.54, 1.807) is 0 Å². The molecule has 0 spiro atoms. The highest BCUT2D eigenvalue weighted by atomic mass is 16.1. The summed E-state index contributed by atoms with van der Waals surface area (Å²) in [6, 6.07) is 0. The lowest BCUT2D eigenvalue weighted by Gasteiger charge is -2.23. The zero-order valence-electron chi connectivity index (χ0n) is 11.6. The van der Waals surface area contributed by atoms with Crippen molar-refractivity contribution >= 4 is 5.91 Å². The van der Waals surface area contributed by atoms with Crippen molar-refractivity contribution in [1.29, 1.82) is 0 Å². The van der Waals surface area contributed by atoms with Crippen LogP contribution < -0.4 is 10.6 Å². The lowest BCUT2D eigenvalue weighted by molar-refractivity contribution is -0.122. The highest BCUT2D eigenvalue weighted by Gasteiger charge is 2.15. The first-order valence-corrected chi connectivity index (χ1v) is 7.05. The van der Waals surface area contributed by atoms with E-state index in [9.17, 15) is 4.79 Å². The summed E-state index contributed by atoms with van der Waals surface area (Å²) in [6.07, 6.45) is 4.30. The van der Waals surface area contributed by atoms with Crippen LogP contribution in [0.15, 0.2) is 0 Å². The quantitative estimate of drug-likeness (QED) is 0.747. The topological polar surface area (TPSA) is 41.1 Å². The van der Waals surface area contributed by atoms with Gasteiger partial charge in [0.15, 0.2) is 0 Å². The molecule has 1 aliphatic heterocycles. The SMILES string of the molecule is CC(C)CC(C)CC(=O)NCC1CCCNC1. The van der Waals surface area contributed by atoms with Gasteiger partial charge in [0, 0.05) is 13.0 Å². The van der Waals surface area contributed by atoms with Gasteiger partial charge in [-0.3, -0.25) is 4.79 Å². The van der Waals surface area contributed by atoms with E-state index in [1.807, 2.05) is 0 Å². The Hall–Kier alpha value is -0.570. The summed E-state index contributed by atoms with van der Waals surface area (Å²) < 4.78 is 0. The Morgan fingerprint density at radius 2 is 2.18 bits per heavy atom. The Labute approximate surface area is 106 Å². The van der Waals surface area contributed by atoms with Crippen molar-refractivity contribution in [3.05, 3.63) is 0 Å². The molecule has 0 bridgehead atoms. The van der Waals surface area contributed by atoms with E-state index in [1.165, 1.54) is 12.8 Å². The Bertz CT molecular complexity index is 222. The molecule has 2 atom stereocenters. The summed E-state index contributed by atoms with van der Waals surface area (Å²) in [4.78, 5) is 11.7. The Morgan fingerprint density at radius 1 is 1.41 bits per heavy atom. The third-order valence-electron chi connectivity index (χ3n) is 3.39. The summed E-state index contributed by atoms with van der Waals surface area (Å²) in [5.41, 5.74) is 0. The molecule has 1 amide bonds. The molecule has 17 heavy (non-hydrogen) atoms. The summed E-state index contributed by atoms with van der Waals surface area (Å²) in [6.45, 7) is 9.63. The lowest BCUT2D eigenvalue weighted by Crippen LogP contribution is -2.38. The van der Waals surface area contributed by atoms with E-state index in [0.717, 1.165) is 26.1 Å². The largest absolute Gasteiger partial charge is 0.356 e. The molecular weight excluding hydrogens is 212 g/mol. The predicted molar refractivity (Wildman–Crippen MR) is 71.8 cm³/mol. The van der Waals surface area contributed by atoms with Gasteiger partial charge in [-0.1, -0.05) is 20.8 Å². The zero-order valence-corrected chi connectivity index (χ0v) is 11.6. The van der Waals surface area contributed by atoms with Gasteiger partial charge in [-0.15, -0.1) is 0 Å². The second kappa shape index (κ2) is 7.70. The molecule has 3 nitrogen and oxygen atoms in total. The number of hydrogen-bond acceptors (Lipinski definition) is 2. The van der Waals surface area contributed by atoms with Gasteiger partial charge < -0.3 is 10.6 Å². The summed E-state index contributed by atoms with van der Waals surface area (Å²) in [5.74, 6) is 2.04. The van der Waals surface area contributed by atoms with Crippen LogP contribution >= 0.6 is 0 Å². The average Bonchev–Trinajstić information content (AvgIpc) is 2.26. The fourth-order valence-corrected chi connectivity index (χ4v) is 2.63. The molecule has 1 heterocycles. The number of piperidine rings is 1. The van der Waals surface area contributed by atoms with E-state index < -0.39 is 0 Å². The smallest absolute Gasteiger partial charge is 0.220 e. The Balaban J connectivity index is 2.11. The third kappa shape index (κ3) is 6.67. The van der Waals surface area contributed by atoms with Crippen molar-refractivity contribution in [3.8, 4) is 0 Å². The Morgan fingerprint density at radius 3 is 2.76 bits per heavy atom. The van der Waals surface area contributed by atoms with Crippen LogP contribution in [0, 0.1) is 17.8 Å². The molecule has 2 unspecified atom stereocenters. The van der Waals surface area contributed by atoms with E-state index >= 15 is 0 Å². The van der Waals surface area contributed by atoms with Crippen LogP contribution in [0.4, 0.5) is 0 Å². The standard InChI is InChI=1S/C14H28N2O/c1-11(2)7-12(3)8-14(17)16-10-13-5-4-6-15-9-13/h11-13,15H,4-10H2,1-3H3,(H,16,17). The molecule has 1 rings (SSSR count). The van der Waals surface area contributed by atoms with Crippen molar-refractivity contribution in [3.63, 3.8) is 0 Å². The molecule has 0 aromatic heterocycles. The number of carbonyl (C=O) groups is 1. The van der Waals surface area contributed by atoms with Gasteiger partial charge in [0.2, 0.25) is 5.91 Å². The molecule has 2 N–H and O–H groups in total. The van der Waals surface area contributed by atoms with Gasteiger partial charge in [-0.2, -0.15) is 0 Å². The van der Waals surface area contributed by atoms with Crippen LogP contribution in [0.5, 0.6) is 0 Å². The minimum absolute atomic E-state index is 0.226. The van der Waals surface area contributed by atoms with Gasteiger partial charge in [0.25, 0.3) is 0 Å². The van der Waals surface area contributed by atoms with Gasteiger partial charge in [0.05, 0.1) is 0 Å². The van der Waals surface area contributed by atoms with Crippen LogP contribution in [-0.4, -0.2) is 25.5 Å². The number of rotatable bonds is 6. The first-order chi connectivity index (χ1) is 8.08. The van der Waals surface area contributed by atoms with Crippen molar-refractivity contribution in [2.24, 2.45) is 17.8 Å². The molecule has 0 aromatic rings. The maximum absolute atomic E-state index is 11.7. The van der Waals surface area contributed by atoms with Crippen molar-refractivity contribution in [1.82, 2.24) is 10.6 Å². The van der Waals surface area contributed by atoms with E-state index in [4.69, 9.17) is 0 Å². The number of nitrogens with one attached hydrogen (secondary N) is 2. The predicted octanol–water partition coefficient (Wildman–Crippen LogP) is 2.17. The highest BCUT2D eigenvalue weighted by Crippen LogP contribution is 2.14. The maximum Gasteiger partial charge on any atom is 0.220 e. The first-order valence-electron chi connectivity index (χ1n) is 7.05. The fourth-order valence-electron chi connectivity index (χ4n) is 2.63. The Kier molecular flexibility index (Phi) is 6.56. The molecule has 0 radical (unpaired) electrons. The second-order valence-electron chi connectivity index (χ2n) is 5.96. The molecule has 0 saturated carbocycles. The maximum atomic E-state index is 11.7. The highest BCUT2D eigenvalue weighted by molar-refractivity contribution is 5.76. The van der Waals surface area contributed by atoms with Crippen molar-refractivity contribution in [2.75, 3.05) is 19.6 Å². The average molecular weight is 240 g/mol. The van der Waals surface area contributed by atoms with E-state index in [2.05, 4.69) is 31.4 Å². The summed E-state index contributed by atoms with van der Waals surface area (Å²) >= 11 is 0. The fraction of sp³-hybridized carbons (Fsp3) is 0.929. The molecule has 100 valence electrons. The zero-order chi connectivity index (χ0) is 12.7. The van der Waals surface area contributed by atoms with Crippen LogP contribution in [0.1, 0.15) is 46.5 Å². The van der Waals surface area contributed by atoms with Gasteiger partial charge in [-0.05, 0) is 50.1 Å². The van der Waals surface area contributed by atoms with Gasteiger partial charge >= 0.3 is 0 Å². The third-order valence-corrected chi connectivity index (χ3v) is 3.39. The molecule has 3 heteroatoms. The van der Waals surface area contributed by atoms with E-state index in [-0.39, 0.29) is 5.91 Å². The number of amides is 1. The lowest BCUT2D eigenvalue weighted by atomic mass is 9.95. The second-order valence-corrected chi connectivity index (χ2v) is 5.96. The minimum Gasteiger partial charge on any atom is -0.356 e. The number of hydrogen-bond donors (Lipinski definition) is 2. The molecule has 0 aliphatic carbocycles. The molecule has 1 aliphatic rings.